The Balaban J connectivity index is 1.78. The summed E-state index contributed by atoms with van der Waals surface area (Å²) in [7, 11) is 0. The zero-order chi connectivity index (χ0) is 17.2. The fourth-order valence-electron chi connectivity index (χ4n) is 4.16. The molecule has 3 aromatic carbocycles. The predicted octanol–water partition coefficient (Wildman–Crippen LogP) is 6.60. The third kappa shape index (κ3) is 3.11. The largest absolute Gasteiger partial charge is 0.206 e. The maximum absolute atomic E-state index is 14.2. The molecule has 4 rings (SSSR count). The van der Waals surface area contributed by atoms with Crippen LogP contribution in [0.2, 0.25) is 0 Å². The van der Waals surface area contributed by atoms with E-state index in [0.717, 1.165) is 11.5 Å². The maximum atomic E-state index is 14.2. The first-order valence-electron chi connectivity index (χ1n) is 9.19. The third-order valence-electron chi connectivity index (χ3n) is 5.56. The average Bonchev–Trinajstić information content (AvgIpc) is 2.67. The Morgan fingerprint density at radius 1 is 0.920 bits per heavy atom. The Bertz CT molecular complexity index is 881. The van der Waals surface area contributed by atoms with Crippen LogP contribution in [-0.4, -0.2) is 0 Å². The molecule has 0 spiro atoms. The molecule has 1 aliphatic carbocycles. The monoisotopic (exact) mass is 330 g/mol. The molecule has 2 atom stereocenters. The number of hydrogen-bond donors (Lipinski definition) is 0. The van der Waals surface area contributed by atoms with Gasteiger partial charge < -0.3 is 0 Å². The molecule has 1 heteroatoms. The zero-order valence-electron chi connectivity index (χ0n) is 14.6. The summed E-state index contributed by atoms with van der Waals surface area (Å²) in [5.74, 6) is 0.966. The zero-order valence-corrected chi connectivity index (χ0v) is 14.6. The Morgan fingerprint density at radius 2 is 1.72 bits per heavy atom. The molecule has 0 nitrogen and oxygen atoms in total. The lowest BCUT2D eigenvalue weighted by Gasteiger charge is -2.31. The van der Waals surface area contributed by atoms with Gasteiger partial charge in [-0.1, -0.05) is 80.1 Å². The van der Waals surface area contributed by atoms with Crippen LogP contribution in [0.15, 0.2) is 72.8 Å². The number of hydrogen-bond acceptors (Lipinski definition) is 0. The quantitative estimate of drug-likeness (QED) is 0.507. The van der Waals surface area contributed by atoms with E-state index in [1.807, 2.05) is 18.2 Å². The van der Waals surface area contributed by atoms with Crippen LogP contribution < -0.4 is 0 Å². The summed E-state index contributed by atoms with van der Waals surface area (Å²) in [5.41, 5.74) is 5.86. The van der Waals surface area contributed by atoms with E-state index in [1.165, 1.54) is 42.0 Å². The van der Waals surface area contributed by atoms with Crippen LogP contribution in [0.5, 0.6) is 0 Å². The third-order valence-corrected chi connectivity index (χ3v) is 5.56. The second-order valence-electron chi connectivity index (χ2n) is 7.07. The van der Waals surface area contributed by atoms with Gasteiger partial charge >= 0.3 is 0 Å². The van der Waals surface area contributed by atoms with Gasteiger partial charge in [-0.15, -0.1) is 0 Å². The van der Waals surface area contributed by atoms with E-state index in [0.29, 0.717) is 11.5 Å². The van der Waals surface area contributed by atoms with Gasteiger partial charge in [0, 0.05) is 11.5 Å². The summed E-state index contributed by atoms with van der Waals surface area (Å²) in [4.78, 5) is 0. The molecule has 0 saturated heterocycles. The van der Waals surface area contributed by atoms with Gasteiger partial charge in [0.05, 0.1) is 0 Å². The van der Waals surface area contributed by atoms with Gasteiger partial charge in [-0.2, -0.15) is 0 Å². The normalized spacial score (nSPS) is 19.4. The molecule has 0 radical (unpaired) electrons. The highest BCUT2D eigenvalue weighted by atomic mass is 19.1. The number of fused-ring (bicyclic) bond motifs is 1. The Kier molecular flexibility index (Phi) is 4.40. The molecule has 0 N–H and O–H groups in total. The van der Waals surface area contributed by atoms with E-state index in [1.54, 1.807) is 6.07 Å². The molecule has 0 heterocycles. The van der Waals surface area contributed by atoms with Crippen molar-refractivity contribution in [3.05, 3.63) is 95.3 Å². The van der Waals surface area contributed by atoms with Crippen LogP contribution in [-0.2, 0) is 6.42 Å². The van der Waals surface area contributed by atoms with Crippen LogP contribution in [0.25, 0.3) is 11.1 Å². The summed E-state index contributed by atoms with van der Waals surface area (Å²) in [5, 5.41) is 0. The highest BCUT2D eigenvalue weighted by molar-refractivity contribution is 5.65. The smallest absolute Gasteiger partial charge is 0.131 e. The Labute approximate surface area is 149 Å². The lowest BCUT2D eigenvalue weighted by molar-refractivity contribution is 0.416. The van der Waals surface area contributed by atoms with E-state index < -0.39 is 0 Å². The second kappa shape index (κ2) is 6.84. The van der Waals surface area contributed by atoms with Gasteiger partial charge in [0.25, 0.3) is 0 Å². The molecule has 0 aliphatic heterocycles. The van der Waals surface area contributed by atoms with Gasteiger partial charge in [0.1, 0.15) is 5.82 Å². The van der Waals surface area contributed by atoms with Gasteiger partial charge in [0.15, 0.2) is 0 Å². The number of halogens is 1. The Hall–Kier alpha value is -2.41. The first-order chi connectivity index (χ1) is 12.3. The standard InChI is InChI=1S/C24H23F/c1-2-17-14-18-8-3-4-11-21(18)23(15-17)20-10-7-9-19(16-20)22-12-5-6-13-24(22)25/h3-13,16-17,23H,2,14-15H2,1H3/t17-,23-/m0/s1. The van der Waals surface area contributed by atoms with E-state index >= 15 is 0 Å². The summed E-state index contributed by atoms with van der Waals surface area (Å²) in [6.07, 6.45) is 3.56. The molecule has 3 aromatic rings. The molecule has 0 bridgehead atoms. The fourth-order valence-corrected chi connectivity index (χ4v) is 4.16. The van der Waals surface area contributed by atoms with Crippen molar-refractivity contribution in [1.29, 1.82) is 0 Å². The van der Waals surface area contributed by atoms with Crippen LogP contribution in [0.4, 0.5) is 4.39 Å². The maximum Gasteiger partial charge on any atom is 0.131 e. The first-order valence-corrected chi connectivity index (χ1v) is 9.19. The van der Waals surface area contributed by atoms with Crippen molar-refractivity contribution in [2.75, 3.05) is 0 Å². The lowest BCUT2D eigenvalue weighted by atomic mass is 9.73. The number of rotatable bonds is 3. The molecular weight excluding hydrogens is 307 g/mol. The number of benzene rings is 3. The average molecular weight is 330 g/mol. The van der Waals surface area contributed by atoms with Gasteiger partial charge in [-0.3, -0.25) is 0 Å². The molecule has 1 aliphatic rings. The molecule has 0 saturated carbocycles. The summed E-state index contributed by atoms with van der Waals surface area (Å²) < 4.78 is 14.2. The van der Waals surface area contributed by atoms with E-state index in [-0.39, 0.29) is 5.82 Å². The second-order valence-corrected chi connectivity index (χ2v) is 7.07. The van der Waals surface area contributed by atoms with Crippen molar-refractivity contribution in [3.8, 4) is 11.1 Å². The minimum Gasteiger partial charge on any atom is -0.206 e. The minimum absolute atomic E-state index is 0.157. The molecular formula is C24H23F. The van der Waals surface area contributed by atoms with Crippen molar-refractivity contribution < 1.29 is 4.39 Å². The SMILES string of the molecule is CC[C@H]1Cc2ccccc2[C@H](c2cccc(-c3ccccc3F)c2)C1. The van der Waals surface area contributed by atoms with Crippen molar-refractivity contribution in [3.63, 3.8) is 0 Å². The fraction of sp³-hybridized carbons (Fsp3) is 0.250. The summed E-state index contributed by atoms with van der Waals surface area (Å²) >= 11 is 0. The molecule has 126 valence electrons. The van der Waals surface area contributed by atoms with Crippen LogP contribution in [0.3, 0.4) is 0 Å². The molecule has 0 amide bonds. The highest BCUT2D eigenvalue weighted by Crippen LogP contribution is 2.41. The van der Waals surface area contributed by atoms with Crippen molar-refractivity contribution in [2.24, 2.45) is 5.92 Å². The minimum atomic E-state index is -0.157. The van der Waals surface area contributed by atoms with Gasteiger partial charge in [-0.05, 0) is 47.1 Å². The van der Waals surface area contributed by atoms with E-state index in [4.69, 9.17) is 0 Å². The first kappa shape index (κ1) is 16.1. The van der Waals surface area contributed by atoms with E-state index in [2.05, 4.69) is 49.4 Å². The molecule has 0 fully saturated rings. The summed E-state index contributed by atoms with van der Waals surface area (Å²) in [6.45, 7) is 2.28. The van der Waals surface area contributed by atoms with Crippen LogP contribution in [0, 0.1) is 11.7 Å². The van der Waals surface area contributed by atoms with Crippen LogP contribution in [0.1, 0.15) is 42.4 Å². The highest BCUT2D eigenvalue weighted by Gasteiger charge is 2.27. The Morgan fingerprint density at radius 3 is 2.56 bits per heavy atom. The van der Waals surface area contributed by atoms with E-state index in [9.17, 15) is 4.39 Å². The predicted molar refractivity (Wildman–Crippen MR) is 102 cm³/mol. The van der Waals surface area contributed by atoms with Gasteiger partial charge in [0.2, 0.25) is 0 Å². The van der Waals surface area contributed by atoms with Crippen molar-refractivity contribution in [2.45, 2.75) is 32.1 Å². The molecule has 0 unspecified atom stereocenters. The van der Waals surface area contributed by atoms with Crippen LogP contribution >= 0.6 is 0 Å². The lowest BCUT2D eigenvalue weighted by Crippen LogP contribution is -2.19. The molecule has 0 aromatic heterocycles. The van der Waals surface area contributed by atoms with Crippen molar-refractivity contribution in [1.82, 2.24) is 0 Å². The topological polar surface area (TPSA) is 0 Å². The summed E-state index contributed by atoms with van der Waals surface area (Å²) in [6, 6.07) is 24.3. The van der Waals surface area contributed by atoms with Gasteiger partial charge in [-0.25, -0.2) is 4.39 Å². The van der Waals surface area contributed by atoms with Crippen molar-refractivity contribution >= 4 is 0 Å². The molecule has 25 heavy (non-hydrogen) atoms.